The lowest BCUT2D eigenvalue weighted by molar-refractivity contribution is 0.0950. The van der Waals surface area contributed by atoms with E-state index in [0.717, 1.165) is 19.4 Å². The zero-order chi connectivity index (χ0) is 15.0. The largest absolute Gasteiger partial charge is 0.442 e. The maximum Gasteiger partial charge on any atom is 0.265 e. The normalized spacial score (nSPS) is 17.5. The molecule has 0 spiro atoms. The van der Waals surface area contributed by atoms with Crippen molar-refractivity contribution < 1.29 is 9.21 Å². The quantitative estimate of drug-likeness (QED) is 0.868. The molecule has 0 bridgehead atoms. The number of aromatic nitrogens is 2. The van der Waals surface area contributed by atoms with E-state index in [4.69, 9.17) is 4.42 Å². The van der Waals surface area contributed by atoms with Gasteiger partial charge in [0.15, 0.2) is 0 Å². The van der Waals surface area contributed by atoms with Gasteiger partial charge in [-0.05, 0) is 26.3 Å². The van der Waals surface area contributed by atoms with Crippen molar-refractivity contribution in [2.24, 2.45) is 7.05 Å². The molecule has 1 amide bonds. The van der Waals surface area contributed by atoms with E-state index >= 15 is 0 Å². The third kappa shape index (κ3) is 2.86. The Kier molecular flexibility index (Phi) is 4.87. The predicted molar refractivity (Wildman–Crippen MR) is 84.6 cm³/mol. The van der Waals surface area contributed by atoms with E-state index in [0.29, 0.717) is 18.3 Å². The topological polar surface area (TPSA) is 89.2 Å². The van der Waals surface area contributed by atoms with Crippen LogP contribution in [-0.2, 0) is 7.05 Å². The van der Waals surface area contributed by atoms with Gasteiger partial charge in [0.1, 0.15) is 17.5 Å². The second-order valence-corrected chi connectivity index (χ2v) is 5.38. The van der Waals surface area contributed by atoms with E-state index in [9.17, 15) is 9.59 Å². The summed E-state index contributed by atoms with van der Waals surface area (Å²) >= 11 is 0. The monoisotopic (exact) mass is 326 g/mol. The predicted octanol–water partition coefficient (Wildman–Crippen LogP) is 0.739. The number of hydrogen-bond acceptors (Lipinski definition) is 5. The Morgan fingerprint density at radius 2 is 2.36 bits per heavy atom. The minimum atomic E-state index is -0.287. The smallest absolute Gasteiger partial charge is 0.265 e. The SMILES string of the molecule is Cc1oc2ncn(C)c(=O)c2c1C(=O)NCC1CCCN1.Cl. The number of nitrogens with zero attached hydrogens (tertiary/aromatic N) is 2. The van der Waals surface area contributed by atoms with Gasteiger partial charge >= 0.3 is 0 Å². The number of amides is 1. The van der Waals surface area contributed by atoms with Gasteiger partial charge in [-0.25, -0.2) is 4.98 Å². The van der Waals surface area contributed by atoms with Crippen molar-refractivity contribution >= 4 is 29.4 Å². The summed E-state index contributed by atoms with van der Waals surface area (Å²) in [6, 6.07) is 0.299. The minimum absolute atomic E-state index is 0. The fraction of sp³-hybridized carbons (Fsp3) is 0.500. The average molecular weight is 327 g/mol. The molecule has 0 aromatic carbocycles. The van der Waals surface area contributed by atoms with Crippen molar-refractivity contribution in [3.63, 3.8) is 0 Å². The Hall–Kier alpha value is -1.86. The molecule has 1 aliphatic heterocycles. The maximum absolute atomic E-state index is 12.4. The van der Waals surface area contributed by atoms with Gasteiger partial charge in [-0.3, -0.25) is 9.59 Å². The Morgan fingerprint density at radius 1 is 1.59 bits per heavy atom. The number of furan rings is 1. The third-order valence-electron chi connectivity index (χ3n) is 3.85. The molecule has 3 rings (SSSR count). The number of halogens is 1. The summed E-state index contributed by atoms with van der Waals surface area (Å²) in [5, 5.41) is 6.43. The molecule has 1 aliphatic rings. The molecule has 0 radical (unpaired) electrons. The van der Waals surface area contributed by atoms with Crippen LogP contribution in [0.2, 0.25) is 0 Å². The van der Waals surface area contributed by atoms with Crippen molar-refractivity contribution in [3.05, 3.63) is 28.0 Å². The van der Waals surface area contributed by atoms with Gasteiger partial charge < -0.3 is 19.6 Å². The minimum Gasteiger partial charge on any atom is -0.442 e. The van der Waals surface area contributed by atoms with Gasteiger partial charge in [-0.15, -0.1) is 12.4 Å². The van der Waals surface area contributed by atoms with Gasteiger partial charge in [0, 0.05) is 19.6 Å². The van der Waals surface area contributed by atoms with Crippen LogP contribution in [0.1, 0.15) is 29.0 Å². The van der Waals surface area contributed by atoms with E-state index in [1.807, 2.05) is 0 Å². The van der Waals surface area contributed by atoms with Crippen LogP contribution in [0.3, 0.4) is 0 Å². The fourth-order valence-electron chi connectivity index (χ4n) is 2.70. The summed E-state index contributed by atoms with van der Waals surface area (Å²) in [4.78, 5) is 28.6. The Bertz CT molecular complexity index is 746. The maximum atomic E-state index is 12.4. The first-order valence-corrected chi connectivity index (χ1v) is 7.04. The van der Waals surface area contributed by atoms with Crippen molar-refractivity contribution in [2.45, 2.75) is 25.8 Å². The second kappa shape index (κ2) is 6.50. The number of carbonyl (C=O) groups excluding carboxylic acids is 1. The Morgan fingerprint density at radius 3 is 3.05 bits per heavy atom. The van der Waals surface area contributed by atoms with Crippen molar-refractivity contribution in [1.82, 2.24) is 20.2 Å². The molecule has 120 valence electrons. The molecule has 0 saturated carbocycles. The number of aryl methyl sites for hydroxylation is 2. The first kappa shape index (κ1) is 16.5. The van der Waals surface area contributed by atoms with Gasteiger partial charge in [0.2, 0.25) is 5.71 Å². The molecule has 2 N–H and O–H groups in total. The van der Waals surface area contributed by atoms with Crippen LogP contribution in [-0.4, -0.2) is 34.6 Å². The van der Waals surface area contributed by atoms with Crippen LogP contribution in [0.15, 0.2) is 15.5 Å². The molecule has 7 nitrogen and oxygen atoms in total. The van der Waals surface area contributed by atoms with Gasteiger partial charge in [0.05, 0.1) is 5.56 Å². The first-order valence-electron chi connectivity index (χ1n) is 7.04. The average Bonchev–Trinajstić information content (AvgIpc) is 3.07. The van der Waals surface area contributed by atoms with Crippen molar-refractivity contribution in [3.8, 4) is 0 Å². The molecule has 1 fully saturated rings. The molecule has 2 aromatic rings. The van der Waals surface area contributed by atoms with Gasteiger partial charge in [-0.1, -0.05) is 0 Å². The zero-order valence-corrected chi connectivity index (χ0v) is 13.3. The summed E-state index contributed by atoms with van der Waals surface area (Å²) in [5.41, 5.74) is 0.220. The Labute approximate surface area is 133 Å². The lowest BCUT2D eigenvalue weighted by atomic mass is 10.1. The fourth-order valence-corrected chi connectivity index (χ4v) is 2.70. The van der Waals surface area contributed by atoms with Crippen LogP contribution < -0.4 is 16.2 Å². The molecule has 1 atom stereocenters. The molecular weight excluding hydrogens is 308 g/mol. The van der Waals surface area contributed by atoms with Crippen molar-refractivity contribution in [1.29, 1.82) is 0 Å². The van der Waals surface area contributed by atoms with Crippen molar-refractivity contribution in [2.75, 3.05) is 13.1 Å². The molecule has 2 aromatic heterocycles. The van der Waals surface area contributed by atoms with E-state index < -0.39 is 0 Å². The van der Waals surface area contributed by atoms with E-state index in [-0.39, 0.29) is 40.5 Å². The second-order valence-electron chi connectivity index (χ2n) is 5.38. The first-order chi connectivity index (χ1) is 10.1. The highest BCUT2D eigenvalue weighted by Crippen LogP contribution is 2.20. The zero-order valence-electron chi connectivity index (χ0n) is 12.5. The van der Waals surface area contributed by atoms with E-state index in [2.05, 4.69) is 15.6 Å². The van der Waals surface area contributed by atoms with E-state index in [1.54, 1.807) is 14.0 Å². The standard InChI is InChI=1S/C14H18N4O3.ClH/c1-8-10(12(19)16-6-9-4-3-5-15-9)11-13(21-8)17-7-18(2)14(11)20;/h7,9,15H,3-6H2,1-2H3,(H,16,19);1H. The summed E-state index contributed by atoms with van der Waals surface area (Å²) in [5.74, 6) is 0.128. The third-order valence-corrected chi connectivity index (χ3v) is 3.85. The molecule has 1 unspecified atom stereocenters. The number of nitrogens with one attached hydrogen (secondary N) is 2. The Balaban J connectivity index is 0.00000176. The van der Waals surface area contributed by atoms with Gasteiger partial charge in [0.25, 0.3) is 11.5 Å². The van der Waals surface area contributed by atoms with Crippen LogP contribution >= 0.6 is 12.4 Å². The highest BCUT2D eigenvalue weighted by atomic mass is 35.5. The summed E-state index contributed by atoms with van der Waals surface area (Å²) in [7, 11) is 1.60. The number of hydrogen-bond donors (Lipinski definition) is 2. The van der Waals surface area contributed by atoms with Gasteiger partial charge in [-0.2, -0.15) is 0 Å². The molecule has 1 saturated heterocycles. The lowest BCUT2D eigenvalue weighted by Gasteiger charge is -2.11. The van der Waals surface area contributed by atoms with Crippen LogP contribution in [0.5, 0.6) is 0 Å². The summed E-state index contributed by atoms with van der Waals surface area (Å²) in [6.07, 6.45) is 3.56. The van der Waals surface area contributed by atoms with Crippen LogP contribution in [0.25, 0.3) is 11.1 Å². The highest BCUT2D eigenvalue weighted by Gasteiger charge is 2.23. The number of rotatable bonds is 3. The summed E-state index contributed by atoms with van der Waals surface area (Å²) < 4.78 is 6.77. The number of carbonyl (C=O) groups is 1. The molecular formula is C14H19ClN4O3. The lowest BCUT2D eigenvalue weighted by Crippen LogP contribution is -2.37. The number of fused-ring (bicyclic) bond motifs is 1. The van der Waals surface area contributed by atoms with Crippen LogP contribution in [0.4, 0.5) is 0 Å². The van der Waals surface area contributed by atoms with E-state index in [1.165, 1.54) is 10.9 Å². The summed E-state index contributed by atoms with van der Waals surface area (Å²) in [6.45, 7) is 3.20. The molecule has 22 heavy (non-hydrogen) atoms. The van der Waals surface area contributed by atoms with Crippen LogP contribution in [0, 0.1) is 6.92 Å². The highest BCUT2D eigenvalue weighted by molar-refractivity contribution is 6.06. The molecule has 0 aliphatic carbocycles. The molecule has 3 heterocycles. The molecule has 8 heteroatoms.